The number of piperidine rings is 1. The summed E-state index contributed by atoms with van der Waals surface area (Å²) >= 11 is 0. The van der Waals surface area contributed by atoms with Crippen molar-refractivity contribution >= 4 is 27.3 Å². The molecule has 0 aromatic heterocycles. The van der Waals surface area contributed by atoms with Crippen molar-refractivity contribution in [2.45, 2.75) is 50.1 Å². The van der Waals surface area contributed by atoms with Gasteiger partial charge >= 0.3 is 0 Å². The first kappa shape index (κ1) is 19.8. The molecule has 1 N–H and O–H groups in total. The molecule has 3 rings (SSSR count). The summed E-state index contributed by atoms with van der Waals surface area (Å²) in [6.07, 6.45) is 2.00. The lowest BCUT2D eigenvalue weighted by molar-refractivity contribution is -0.138. The van der Waals surface area contributed by atoms with Gasteiger partial charge in [0, 0.05) is 31.4 Å². The van der Waals surface area contributed by atoms with Crippen LogP contribution in [0.2, 0.25) is 0 Å². The standard InChI is InChI=1S/C19H27N3O4S/c1-3-22-18(23)13-17(19(22)24)20-14-9-11-21(12-10-14)15-5-7-16(8-6-15)27(25,26)4-2/h5-8,14,17,20H,3-4,9-13H2,1-2H3/t17-/m0/s1. The molecule has 2 aliphatic heterocycles. The van der Waals surface area contributed by atoms with E-state index in [-0.39, 0.29) is 30.0 Å². The Bertz CT molecular complexity index is 799. The van der Waals surface area contributed by atoms with E-state index in [1.54, 1.807) is 19.1 Å². The van der Waals surface area contributed by atoms with Gasteiger partial charge in [0.1, 0.15) is 0 Å². The third-order valence-electron chi connectivity index (χ3n) is 5.43. The lowest BCUT2D eigenvalue weighted by atomic mass is 10.0. The summed E-state index contributed by atoms with van der Waals surface area (Å²) in [5.41, 5.74) is 1.01. The van der Waals surface area contributed by atoms with Crippen LogP contribution in [0.5, 0.6) is 0 Å². The molecule has 2 fully saturated rings. The number of carbonyl (C=O) groups excluding carboxylic acids is 2. The van der Waals surface area contributed by atoms with E-state index in [1.165, 1.54) is 4.90 Å². The van der Waals surface area contributed by atoms with Crippen molar-refractivity contribution in [1.82, 2.24) is 10.2 Å². The zero-order chi connectivity index (χ0) is 19.6. The van der Waals surface area contributed by atoms with Gasteiger partial charge in [-0.2, -0.15) is 0 Å². The van der Waals surface area contributed by atoms with Gasteiger partial charge in [0.15, 0.2) is 9.84 Å². The highest BCUT2D eigenvalue weighted by molar-refractivity contribution is 7.91. The normalized spacial score (nSPS) is 21.9. The fraction of sp³-hybridized carbons (Fsp3) is 0.579. The number of nitrogens with zero attached hydrogens (tertiary/aromatic N) is 2. The van der Waals surface area contributed by atoms with Crippen LogP contribution in [-0.4, -0.2) is 62.6 Å². The second-order valence-electron chi connectivity index (χ2n) is 7.06. The summed E-state index contributed by atoms with van der Waals surface area (Å²) in [6, 6.07) is 6.86. The van der Waals surface area contributed by atoms with E-state index in [9.17, 15) is 18.0 Å². The van der Waals surface area contributed by atoms with Gasteiger partial charge in [-0.1, -0.05) is 6.92 Å². The molecule has 2 saturated heterocycles. The average Bonchev–Trinajstić information content (AvgIpc) is 2.95. The van der Waals surface area contributed by atoms with E-state index in [0.717, 1.165) is 31.6 Å². The number of carbonyl (C=O) groups is 2. The topological polar surface area (TPSA) is 86.8 Å². The zero-order valence-corrected chi connectivity index (χ0v) is 16.7. The first-order valence-electron chi connectivity index (χ1n) is 9.53. The summed E-state index contributed by atoms with van der Waals surface area (Å²) in [5.74, 6) is -0.112. The monoisotopic (exact) mass is 393 g/mol. The Morgan fingerprint density at radius 3 is 2.22 bits per heavy atom. The zero-order valence-electron chi connectivity index (χ0n) is 15.8. The molecule has 27 heavy (non-hydrogen) atoms. The Morgan fingerprint density at radius 2 is 1.70 bits per heavy atom. The summed E-state index contributed by atoms with van der Waals surface area (Å²) in [6.45, 7) is 5.53. The lowest BCUT2D eigenvalue weighted by Crippen LogP contribution is -2.48. The Morgan fingerprint density at radius 1 is 1.07 bits per heavy atom. The SMILES string of the molecule is CCN1C(=O)C[C@H](NC2CCN(c3ccc(S(=O)(=O)CC)cc3)CC2)C1=O. The minimum Gasteiger partial charge on any atom is -0.371 e. The van der Waals surface area contributed by atoms with Crippen molar-refractivity contribution in [1.29, 1.82) is 0 Å². The predicted molar refractivity (Wildman–Crippen MR) is 103 cm³/mol. The van der Waals surface area contributed by atoms with Crippen molar-refractivity contribution in [3.8, 4) is 0 Å². The molecule has 0 saturated carbocycles. The number of likely N-dealkylation sites (N-methyl/N-ethyl adjacent to an activating group) is 1. The molecule has 0 aliphatic carbocycles. The number of nitrogens with one attached hydrogen (secondary N) is 1. The number of benzene rings is 1. The molecule has 8 heteroatoms. The highest BCUT2D eigenvalue weighted by Gasteiger charge is 2.38. The van der Waals surface area contributed by atoms with Crippen molar-refractivity contribution < 1.29 is 18.0 Å². The number of likely N-dealkylation sites (tertiary alicyclic amines) is 1. The molecule has 0 radical (unpaired) electrons. The van der Waals surface area contributed by atoms with E-state index in [4.69, 9.17) is 0 Å². The van der Waals surface area contributed by atoms with Crippen molar-refractivity contribution in [2.75, 3.05) is 30.3 Å². The molecule has 2 heterocycles. The average molecular weight is 394 g/mol. The van der Waals surface area contributed by atoms with Crippen LogP contribution in [0.1, 0.15) is 33.1 Å². The van der Waals surface area contributed by atoms with Gasteiger partial charge in [-0.05, 0) is 44.0 Å². The largest absolute Gasteiger partial charge is 0.371 e. The van der Waals surface area contributed by atoms with Crippen molar-refractivity contribution in [3.63, 3.8) is 0 Å². The summed E-state index contributed by atoms with van der Waals surface area (Å²) in [5, 5.41) is 3.35. The van der Waals surface area contributed by atoms with Gasteiger partial charge in [-0.15, -0.1) is 0 Å². The summed E-state index contributed by atoms with van der Waals surface area (Å²) < 4.78 is 23.8. The Hall–Kier alpha value is -1.93. The molecule has 0 unspecified atom stereocenters. The number of amides is 2. The van der Waals surface area contributed by atoms with E-state index < -0.39 is 15.9 Å². The van der Waals surface area contributed by atoms with E-state index in [0.29, 0.717) is 11.4 Å². The third kappa shape index (κ3) is 4.16. The van der Waals surface area contributed by atoms with Crippen LogP contribution in [0.3, 0.4) is 0 Å². The fourth-order valence-electron chi connectivity index (χ4n) is 3.77. The smallest absolute Gasteiger partial charge is 0.246 e. The molecule has 1 aromatic rings. The van der Waals surface area contributed by atoms with Crippen LogP contribution in [0.15, 0.2) is 29.2 Å². The third-order valence-corrected chi connectivity index (χ3v) is 7.18. The molecule has 7 nitrogen and oxygen atoms in total. The summed E-state index contributed by atoms with van der Waals surface area (Å²) in [4.78, 5) is 28.0. The van der Waals surface area contributed by atoms with Gasteiger partial charge < -0.3 is 10.2 Å². The van der Waals surface area contributed by atoms with Crippen molar-refractivity contribution in [2.24, 2.45) is 0 Å². The number of rotatable bonds is 6. The van der Waals surface area contributed by atoms with E-state index >= 15 is 0 Å². The Labute approximate surface area is 160 Å². The minimum atomic E-state index is -3.18. The Balaban J connectivity index is 1.55. The van der Waals surface area contributed by atoms with E-state index in [2.05, 4.69) is 10.2 Å². The molecule has 148 valence electrons. The van der Waals surface area contributed by atoms with Gasteiger partial charge in [-0.3, -0.25) is 14.5 Å². The van der Waals surface area contributed by atoms with Crippen LogP contribution < -0.4 is 10.2 Å². The molecule has 2 aliphatic rings. The predicted octanol–water partition coefficient (Wildman–Crippen LogP) is 1.19. The van der Waals surface area contributed by atoms with Crippen LogP contribution >= 0.6 is 0 Å². The molecule has 0 spiro atoms. The molecular formula is C19H27N3O4S. The highest BCUT2D eigenvalue weighted by Crippen LogP contribution is 2.23. The maximum absolute atomic E-state index is 12.2. The minimum absolute atomic E-state index is 0.0976. The maximum atomic E-state index is 12.2. The maximum Gasteiger partial charge on any atom is 0.246 e. The number of hydrogen-bond acceptors (Lipinski definition) is 6. The molecule has 1 aromatic carbocycles. The van der Waals surface area contributed by atoms with Crippen LogP contribution in [-0.2, 0) is 19.4 Å². The number of imide groups is 1. The van der Waals surface area contributed by atoms with Crippen LogP contribution in [0.25, 0.3) is 0 Å². The fourth-order valence-corrected chi connectivity index (χ4v) is 4.65. The summed E-state index contributed by atoms with van der Waals surface area (Å²) in [7, 11) is -3.18. The quantitative estimate of drug-likeness (QED) is 0.731. The Kier molecular flexibility index (Phi) is 5.86. The van der Waals surface area contributed by atoms with Gasteiger partial charge in [0.2, 0.25) is 11.8 Å². The van der Waals surface area contributed by atoms with E-state index in [1.807, 2.05) is 19.1 Å². The highest BCUT2D eigenvalue weighted by atomic mass is 32.2. The molecule has 2 amide bonds. The van der Waals surface area contributed by atoms with Gasteiger partial charge in [0.05, 0.1) is 23.1 Å². The van der Waals surface area contributed by atoms with Crippen LogP contribution in [0.4, 0.5) is 5.69 Å². The second-order valence-corrected chi connectivity index (χ2v) is 9.34. The molecular weight excluding hydrogens is 366 g/mol. The van der Waals surface area contributed by atoms with Gasteiger partial charge in [-0.25, -0.2) is 8.42 Å². The first-order valence-corrected chi connectivity index (χ1v) is 11.2. The second kappa shape index (κ2) is 7.98. The van der Waals surface area contributed by atoms with Crippen LogP contribution in [0, 0.1) is 0 Å². The van der Waals surface area contributed by atoms with Gasteiger partial charge in [0.25, 0.3) is 0 Å². The molecule has 1 atom stereocenters. The molecule has 0 bridgehead atoms. The van der Waals surface area contributed by atoms with Crippen molar-refractivity contribution in [3.05, 3.63) is 24.3 Å². The number of sulfone groups is 1. The number of hydrogen-bond donors (Lipinski definition) is 1. The number of anilines is 1. The lowest BCUT2D eigenvalue weighted by Gasteiger charge is -2.35. The first-order chi connectivity index (χ1) is 12.9.